The zero-order valence-electron chi connectivity index (χ0n) is 11.2. The Kier molecular flexibility index (Phi) is 4.16. The lowest BCUT2D eigenvalue weighted by Gasteiger charge is -2.20. The van der Waals surface area contributed by atoms with E-state index in [1.165, 1.54) is 18.6 Å². The summed E-state index contributed by atoms with van der Waals surface area (Å²) in [5, 5.41) is 16.9. The smallest absolute Gasteiger partial charge is 0.276 e. The molecule has 2 rings (SSSR count). The summed E-state index contributed by atoms with van der Waals surface area (Å²) in [5.74, 6) is 1.04. The van der Waals surface area contributed by atoms with Crippen molar-refractivity contribution in [1.29, 1.82) is 0 Å². The lowest BCUT2D eigenvalue weighted by atomic mass is 10.2. The van der Waals surface area contributed by atoms with Crippen molar-refractivity contribution in [1.82, 2.24) is 9.88 Å². The second-order valence-corrected chi connectivity index (χ2v) is 4.76. The van der Waals surface area contributed by atoms with Crippen LogP contribution in [-0.2, 0) is 0 Å². The molecule has 0 radical (unpaired) electrons. The standard InChI is InChI=1S/C12H19N5O2/c1-13-11-6-10(17(18)19)7-12(15-11)14-8-9-4-3-5-16(9)2/h6-7,9H,3-5,8H2,1-2H3,(H2,13,14,15). The molecule has 0 saturated carbocycles. The summed E-state index contributed by atoms with van der Waals surface area (Å²) in [5.41, 5.74) is 0.0432. The molecule has 1 atom stereocenters. The van der Waals surface area contributed by atoms with E-state index in [1.54, 1.807) is 7.05 Å². The van der Waals surface area contributed by atoms with Crippen LogP contribution in [0, 0.1) is 10.1 Å². The van der Waals surface area contributed by atoms with Crippen molar-refractivity contribution in [3.8, 4) is 0 Å². The van der Waals surface area contributed by atoms with E-state index in [9.17, 15) is 10.1 Å². The van der Waals surface area contributed by atoms with Crippen LogP contribution in [0.2, 0.25) is 0 Å². The van der Waals surface area contributed by atoms with Gasteiger partial charge in [0.2, 0.25) is 0 Å². The highest BCUT2D eigenvalue weighted by atomic mass is 16.6. The van der Waals surface area contributed by atoms with Gasteiger partial charge in [-0.05, 0) is 26.4 Å². The first-order valence-electron chi connectivity index (χ1n) is 6.38. The van der Waals surface area contributed by atoms with Gasteiger partial charge in [0.15, 0.2) is 0 Å². The molecule has 7 heteroatoms. The number of nitro groups is 1. The van der Waals surface area contributed by atoms with Crippen LogP contribution in [0.15, 0.2) is 12.1 Å². The largest absolute Gasteiger partial charge is 0.373 e. The fourth-order valence-corrected chi connectivity index (χ4v) is 2.30. The quantitative estimate of drug-likeness (QED) is 0.620. The highest BCUT2D eigenvalue weighted by Crippen LogP contribution is 2.21. The lowest BCUT2D eigenvalue weighted by Crippen LogP contribution is -2.31. The van der Waals surface area contributed by atoms with Crippen LogP contribution in [-0.4, -0.2) is 48.0 Å². The Morgan fingerprint density at radius 1 is 1.53 bits per heavy atom. The van der Waals surface area contributed by atoms with Crippen molar-refractivity contribution in [2.45, 2.75) is 18.9 Å². The van der Waals surface area contributed by atoms with Gasteiger partial charge in [0.05, 0.1) is 17.1 Å². The molecule has 1 aromatic heterocycles. The molecule has 104 valence electrons. The van der Waals surface area contributed by atoms with Crippen LogP contribution in [0.3, 0.4) is 0 Å². The van der Waals surface area contributed by atoms with Crippen LogP contribution in [0.1, 0.15) is 12.8 Å². The molecule has 2 N–H and O–H groups in total. The molecule has 1 fully saturated rings. The predicted octanol–water partition coefficient (Wildman–Crippen LogP) is 1.54. The first kappa shape index (κ1) is 13.5. The minimum absolute atomic E-state index is 0.0432. The summed E-state index contributed by atoms with van der Waals surface area (Å²) in [4.78, 5) is 17.0. The van der Waals surface area contributed by atoms with Gasteiger partial charge in [-0.25, -0.2) is 4.98 Å². The molecule has 1 saturated heterocycles. The van der Waals surface area contributed by atoms with Gasteiger partial charge in [-0.1, -0.05) is 0 Å². The molecule has 1 aliphatic rings. The predicted molar refractivity (Wildman–Crippen MR) is 74.6 cm³/mol. The normalized spacial score (nSPS) is 19.4. The summed E-state index contributed by atoms with van der Waals surface area (Å²) in [6.45, 7) is 1.87. The average molecular weight is 265 g/mol. The molecular weight excluding hydrogens is 246 g/mol. The van der Waals surface area contributed by atoms with E-state index >= 15 is 0 Å². The van der Waals surface area contributed by atoms with Crippen LogP contribution in [0.25, 0.3) is 0 Å². The zero-order chi connectivity index (χ0) is 13.8. The number of nitrogens with one attached hydrogen (secondary N) is 2. The number of pyridine rings is 1. The Morgan fingerprint density at radius 2 is 2.26 bits per heavy atom. The van der Waals surface area contributed by atoms with Crippen molar-refractivity contribution < 1.29 is 4.92 Å². The van der Waals surface area contributed by atoms with Gasteiger partial charge in [-0.3, -0.25) is 10.1 Å². The molecule has 1 aliphatic heterocycles. The second kappa shape index (κ2) is 5.83. The maximum atomic E-state index is 10.8. The fourth-order valence-electron chi connectivity index (χ4n) is 2.30. The highest BCUT2D eigenvalue weighted by Gasteiger charge is 2.20. The van der Waals surface area contributed by atoms with Crippen LogP contribution in [0.5, 0.6) is 0 Å². The maximum absolute atomic E-state index is 10.8. The Labute approximate surface area is 112 Å². The Balaban J connectivity index is 2.06. The SMILES string of the molecule is CNc1cc([N+](=O)[O-])cc(NCC2CCCN2C)n1. The minimum atomic E-state index is -0.407. The molecule has 2 heterocycles. The molecule has 1 unspecified atom stereocenters. The molecule has 19 heavy (non-hydrogen) atoms. The van der Waals surface area contributed by atoms with E-state index < -0.39 is 4.92 Å². The highest BCUT2D eigenvalue weighted by molar-refractivity contribution is 5.54. The van der Waals surface area contributed by atoms with Gasteiger partial charge in [0.25, 0.3) is 5.69 Å². The van der Waals surface area contributed by atoms with E-state index in [0.29, 0.717) is 17.7 Å². The molecular formula is C12H19N5O2. The number of anilines is 2. The van der Waals surface area contributed by atoms with Crippen LogP contribution < -0.4 is 10.6 Å². The minimum Gasteiger partial charge on any atom is -0.373 e. The molecule has 0 aliphatic carbocycles. The van der Waals surface area contributed by atoms with Gasteiger partial charge in [0.1, 0.15) is 11.6 Å². The number of likely N-dealkylation sites (N-methyl/N-ethyl adjacent to an activating group) is 1. The third-order valence-corrected chi connectivity index (χ3v) is 3.47. The fraction of sp³-hybridized carbons (Fsp3) is 0.583. The van der Waals surface area contributed by atoms with Gasteiger partial charge < -0.3 is 15.5 Å². The van der Waals surface area contributed by atoms with Crippen LogP contribution in [0.4, 0.5) is 17.3 Å². The van der Waals surface area contributed by atoms with Crippen molar-refractivity contribution in [2.24, 2.45) is 0 Å². The molecule has 7 nitrogen and oxygen atoms in total. The number of likely N-dealkylation sites (tertiary alicyclic amines) is 1. The summed E-state index contributed by atoms with van der Waals surface area (Å²) < 4.78 is 0. The van der Waals surface area contributed by atoms with Crippen LogP contribution >= 0.6 is 0 Å². The topological polar surface area (TPSA) is 83.3 Å². The summed E-state index contributed by atoms with van der Waals surface area (Å²) >= 11 is 0. The summed E-state index contributed by atoms with van der Waals surface area (Å²) in [6, 6.07) is 3.36. The number of nitrogens with zero attached hydrogens (tertiary/aromatic N) is 3. The Morgan fingerprint density at radius 3 is 2.84 bits per heavy atom. The number of hydrogen-bond acceptors (Lipinski definition) is 6. The summed E-state index contributed by atoms with van der Waals surface area (Å²) in [7, 11) is 3.79. The Bertz CT molecular complexity index is 465. The molecule has 0 spiro atoms. The Hall–Kier alpha value is -1.89. The van der Waals surface area contributed by atoms with Crippen molar-refractivity contribution in [2.75, 3.05) is 37.8 Å². The van der Waals surface area contributed by atoms with Gasteiger partial charge in [-0.2, -0.15) is 0 Å². The lowest BCUT2D eigenvalue weighted by molar-refractivity contribution is -0.384. The molecule has 1 aromatic rings. The number of rotatable bonds is 5. The van der Waals surface area contributed by atoms with Crippen molar-refractivity contribution in [3.63, 3.8) is 0 Å². The van der Waals surface area contributed by atoms with E-state index in [0.717, 1.165) is 19.5 Å². The van der Waals surface area contributed by atoms with Crippen molar-refractivity contribution in [3.05, 3.63) is 22.2 Å². The van der Waals surface area contributed by atoms with E-state index in [1.807, 2.05) is 0 Å². The van der Waals surface area contributed by atoms with E-state index in [2.05, 4.69) is 27.6 Å². The molecule has 0 amide bonds. The van der Waals surface area contributed by atoms with Crippen molar-refractivity contribution >= 4 is 17.3 Å². The first-order chi connectivity index (χ1) is 9.10. The molecule has 0 aromatic carbocycles. The van der Waals surface area contributed by atoms with E-state index in [4.69, 9.17) is 0 Å². The first-order valence-corrected chi connectivity index (χ1v) is 6.38. The van der Waals surface area contributed by atoms with E-state index in [-0.39, 0.29) is 5.69 Å². The number of hydrogen-bond donors (Lipinski definition) is 2. The van der Waals surface area contributed by atoms with Gasteiger partial charge in [0, 0.05) is 19.6 Å². The third-order valence-electron chi connectivity index (χ3n) is 3.47. The molecule has 0 bridgehead atoms. The average Bonchev–Trinajstić information content (AvgIpc) is 2.81. The van der Waals surface area contributed by atoms with Gasteiger partial charge in [-0.15, -0.1) is 0 Å². The maximum Gasteiger partial charge on any atom is 0.276 e. The third kappa shape index (κ3) is 3.31. The van der Waals surface area contributed by atoms with Gasteiger partial charge >= 0.3 is 0 Å². The second-order valence-electron chi connectivity index (χ2n) is 4.76. The zero-order valence-corrected chi connectivity index (χ0v) is 11.2. The monoisotopic (exact) mass is 265 g/mol. The number of aromatic nitrogens is 1. The summed E-state index contributed by atoms with van der Waals surface area (Å²) in [6.07, 6.45) is 2.35.